The van der Waals surface area contributed by atoms with E-state index in [1.54, 1.807) is 0 Å². The second kappa shape index (κ2) is 5.97. The van der Waals surface area contributed by atoms with Gasteiger partial charge in [0.1, 0.15) is 7.05 Å². The third kappa shape index (κ3) is 2.15. The number of benzene rings is 3. The van der Waals surface area contributed by atoms with Crippen LogP contribution < -0.4 is 4.57 Å². The smallest absolute Gasteiger partial charge is 0.224 e. The molecule has 0 saturated heterocycles. The Morgan fingerprint density at radius 3 is 2.29 bits per heavy atom. The molecule has 0 unspecified atom stereocenters. The van der Waals surface area contributed by atoms with E-state index in [0.29, 0.717) is 5.92 Å². The van der Waals surface area contributed by atoms with Crippen LogP contribution in [-0.4, -0.2) is 4.40 Å². The monoisotopic (exact) mass is 405 g/mol. The van der Waals surface area contributed by atoms with Crippen molar-refractivity contribution in [1.82, 2.24) is 4.40 Å². The van der Waals surface area contributed by atoms with E-state index in [1.807, 2.05) is 0 Å². The fourth-order valence-electron chi connectivity index (χ4n) is 5.94. The van der Waals surface area contributed by atoms with Gasteiger partial charge in [0, 0.05) is 16.8 Å². The fourth-order valence-corrected chi connectivity index (χ4v) is 5.94. The fraction of sp³-hybridized carbons (Fsp3) is 0.276. The molecule has 0 spiro atoms. The summed E-state index contributed by atoms with van der Waals surface area (Å²) in [6.45, 7) is 13.7. The second-order valence-electron chi connectivity index (χ2n) is 9.75. The lowest BCUT2D eigenvalue weighted by Crippen LogP contribution is -2.29. The van der Waals surface area contributed by atoms with Crippen molar-refractivity contribution in [3.05, 3.63) is 70.4 Å². The normalized spacial score (nSPS) is 12.6. The Morgan fingerprint density at radius 1 is 0.774 bits per heavy atom. The number of aryl methyl sites for hydroxylation is 5. The Bertz CT molecular complexity index is 1700. The summed E-state index contributed by atoms with van der Waals surface area (Å²) in [5.74, 6) is 0.461. The highest BCUT2D eigenvalue weighted by Gasteiger charge is 2.27. The van der Waals surface area contributed by atoms with Crippen molar-refractivity contribution in [2.45, 2.75) is 47.5 Å². The van der Waals surface area contributed by atoms with Gasteiger partial charge in [-0.15, -0.1) is 0 Å². The minimum atomic E-state index is 0.461. The first-order valence-corrected chi connectivity index (χ1v) is 11.3. The van der Waals surface area contributed by atoms with E-state index in [1.165, 1.54) is 76.8 Å². The lowest BCUT2D eigenvalue weighted by Gasteiger charge is -2.17. The van der Waals surface area contributed by atoms with Gasteiger partial charge in [-0.05, 0) is 78.9 Å². The molecule has 0 bridgehead atoms. The van der Waals surface area contributed by atoms with Crippen molar-refractivity contribution < 1.29 is 4.57 Å². The number of nitrogens with zero attached hydrogens (tertiary/aromatic N) is 2. The molecule has 154 valence electrons. The van der Waals surface area contributed by atoms with Crippen LogP contribution in [0.25, 0.3) is 49.0 Å². The maximum Gasteiger partial charge on any atom is 0.224 e. The molecule has 0 aliphatic carbocycles. The summed E-state index contributed by atoms with van der Waals surface area (Å²) in [7, 11) is 2.20. The van der Waals surface area contributed by atoms with E-state index in [-0.39, 0.29) is 0 Å². The van der Waals surface area contributed by atoms with Crippen molar-refractivity contribution in [2.24, 2.45) is 7.05 Å². The van der Waals surface area contributed by atoms with Crippen LogP contribution in [0.1, 0.15) is 47.6 Å². The first-order valence-electron chi connectivity index (χ1n) is 11.3. The summed E-state index contributed by atoms with van der Waals surface area (Å²) >= 11 is 0. The molecule has 3 heterocycles. The minimum absolute atomic E-state index is 0.461. The van der Waals surface area contributed by atoms with E-state index in [9.17, 15) is 0 Å². The Balaban J connectivity index is 2.17. The summed E-state index contributed by atoms with van der Waals surface area (Å²) in [5, 5.41) is 6.96. The Kier molecular flexibility index (Phi) is 3.59. The summed E-state index contributed by atoms with van der Waals surface area (Å²) in [6.07, 6.45) is 2.23. The molecule has 31 heavy (non-hydrogen) atoms. The molecule has 6 rings (SSSR count). The molecule has 0 amide bonds. The number of fused-ring (bicyclic) bond motifs is 6. The molecule has 0 N–H and O–H groups in total. The maximum absolute atomic E-state index is 2.58. The van der Waals surface area contributed by atoms with E-state index in [0.717, 1.165) is 0 Å². The summed E-state index contributed by atoms with van der Waals surface area (Å²) in [5.41, 5.74) is 12.3. The number of hydrogen-bond donors (Lipinski definition) is 0. The van der Waals surface area contributed by atoms with Gasteiger partial charge in [-0.2, -0.15) is 0 Å². The molecular formula is C29H29N2+. The Labute approximate surface area is 183 Å². The maximum atomic E-state index is 2.58. The number of rotatable bonds is 1. The Hall–Kier alpha value is -3.13. The van der Waals surface area contributed by atoms with Gasteiger partial charge in [0.25, 0.3) is 0 Å². The largest absolute Gasteiger partial charge is 0.307 e. The highest BCUT2D eigenvalue weighted by molar-refractivity contribution is 6.28. The second-order valence-corrected chi connectivity index (χ2v) is 9.75. The quantitative estimate of drug-likeness (QED) is 0.156. The van der Waals surface area contributed by atoms with Crippen molar-refractivity contribution in [3.63, 3.8) is 0 Å². The average molecular weight is 406 g/mol. The predicted molar refractivity (Wildman–Crippen MR) is 133 cm³/mol. The number of hydrogen-bond acceptors (Lipinski definition) is 0. The van der Waals surface area contributed by atoms with E-state index in [4.69, 9.17) is 0 Å². The van der Waals surface area contributed by atoms with Crippen molar-refractivity contribution in [1.29, 1.82) is 0 Å². The lowest BCUT2D eigenvalue weighted by molar-refractivity contribution is -0.643. The van der Waals surface area contributed by atoms with Crippen LogP contribution in [0.5, 0.6) is 0 Å². The molecule has 0 aliphatic rings. The zero-order valence-electron chi connectivity index (χ0n) is 19.5. The third-order valence-corrected chi connectivity index (χ3v) is 7.49. The first-order chi connectivity index (χ1) is 14.8. The number of pyridine rings is 2. The minimum Gasteiger partial charge on any atom is -0.307 e. The van der Waals surface area contributed by atoms with Crippen LogP contribution >= 0.6 is 0 Å². The molecule has 2 nitrogen and oxygen atoms in total. The van der Waals surface area contributed by atoms with Gasteiger partial charge in [0.15, 0.2) is 6.20 Å². The summed E-state index contributed by atoms with van der Waals surface area (Å²) < 4.78 is 4.91. The van der Waals surface area contributed by atoms with Crippen LogP contribution in [-0.2, 0) is 7.05 Å². The van der Waals surface area contributed by atoms with Gasteiger partial charge in [-0.3, -0.25) is 0 Å². The molecule has 3 aromatic carbocycles. The molecule has 0 saturated carbocycles. The molecule has 0 fully saturated rings. The zero-order chi connectivity index (χ0) is 21.8. The van der Waals surface area contributed by atoms with Gasteiger partial charge in [-0.25, -0.2) is 4.57 Å². The van der Waals surface area contributed by atoms with Gasteiger partial charge in [-0.1, -0.05) is 32.0 Å². The van der Waals surface area contributed by atoms with Gasteiger partial charge >= 0.3 is 0 Å². The van der Waals surface area contributed by atoms with Crippen molar-refractivity contribution in [3.8, 4) is 0 Å². The van der Waals surface area contributed by atoms with Crippen molar-refractivity contribution >= 4 is 49.0 Å². The van der Waals surface area contributed by atoms with Gasteiger partial charge in [0.2, 0.25) is 5.52 Å². The highest BCUT2D eigenvalue weighted by atomic mass is 15.0. The standard InChI is InChI=1S/C29H29N2/c1-15(2)21-14-20-11-12-30(7)28-24-19(6)17(4)13-18(5)27(24)31-22-10-8-9-16(3)23(22)26(21)29(31)25(20)28/h8-15H,1-7H3/q+1. The van der Waals surface area contributed by atoms with Gasteiger partial charge in [0.05, 0.1) is 27.3 Å². The molecule has 0 atom stereocenters. The van der Waals surface area contributed by atoms with Crippen molar-refractivity contribution in [2.75, 3.05) is 0 Å². The van der Waals surface area contributed by atoms with Crippen LogP contribution in [0, 0.1) is 27.7 Å². The molecule has 0 aliphatic heterocycles. The zero-order valence-corrected chi connectivity index (χ0v) is 19.5. The van der Waals surface area contributed by atoms with Crippen LogP contribution in [0.2, 0.25) is 0 Å². The summed E-state index contributed by atoms with van der Waals surface area (Å²) in [6, 6.07) is 13.9. The first kappa shape index (κ1) is 18.6. The molecule has 0 radical (unpaired) electrons. The SMILES string of the molecule is Cc1cc(C)c2c(c1C)c1c3c(cc[n+]1C)cc(C(C)C)c1c4c(C)cccc4n2c13. The third-order valence-electron chi connectivity index (χ3n) is 7.49. The van der Waals surface area contributed by atoms with Crippen LogP contribution in [0.4, 0.5) is 0 Å². The molecular weight excluding hydrogens is 376 g/mol. The lowest BCUT2D eigenvalue weighted by atomic mass is 9.90. The van der Waals surface area contributed by atoms with Gasteiger partial charge < -0.3 is 4.40 Å². The highest BCUT2D eigenvalue weighted by Crippen LogP contribution is 2.45. The predicted octanol–water partition coefficient (Wildman–Crippen LogP) is 7.17. The summed E-state index contributed by atoms with van der Waals surface area (Å²) in [4.78, 5) is 0. The van der Waals surface area contributed by atoms with E-state index in [2.05, 4.69) is 100 Å². The van der Waals surface area contributed by atoms with Crippen LogP contribution in [0.3, 0.4) is 0 Å². The molecule has 3 aromatic heterocycles. The molecule has 2 heteroatoms. The number of aromatic nitrogens is 2. The average Bonchev–Trinajstić information content (AvgIpc) is 3.08. The van der Waals surface area contributed by atoms with E-state index >= 15 is 0 Å². The van der Waals surface area contributed by atoms with Crippen LogP contribution in [0.15, 0.2) is 42.6 Å². The van der Waals surface area contributed by atoms with E-state index < -0.39 is 0 Å². The Morgan fingerprint density at radius 2 is 1.55 bits per heavy atom. The topological polar surface area (TPSA) is 8.29 Å². The molecule has 6 aromatic rings.